The summed E-state index contributed by atoms with van der Waals surface area (Å²) in [5.41, 5.74) is 1.73. The third kappa shape index (κ3) is 4.51. The molecule has 0 saturated carbocycles. The van der Waals surface area contributed by atoms with E-state index in [1.165, 1.54) is 41.1 Å². The molecule has 0 aliphatic heterocycles. The van der Waals surface area contributed by atoms with Gasteiger partial charge >= 0.3 is 0 Å². The Morgan fingerprint density at radius 2 is 2.03 bits per heavy atom. The first-order valence-electron chi connectivity index (χ1n) is 10.5. The molecule has 1 aromatic carbocycles. The third-order valence-electron chi connectivity index (χ3n) is 5.56. The van der Waals surface area contributed by atoms with Crippen molar-refractivity contribution in [3.05, 3.63) is 56.2 Å². The Morgan fingerprint density at radius 1 is 1.26 bits per heavy atom. The summed E-state index contributed by atoms with van der Waals surface area (Å²) in [7, 11) is 0. The van der Waals surface area contributed by atoms with Gasteiger partial charge in [0, 0.05) is 42.1 Å². The Labute approximate surface area is 184 Å². The molecule has 8 nitrogen and oxygen atoms in total. The summed E-state index contributed by atoms with van der Waals surface area (Å²) < 4.78 is 0. The summed E-state index contributed by atoms with van der Waals surface area (Å²) in [5, 5.41) is 18.1. The van der Waals surface area contributed by atoms with E-state index in [0.29, 0.717) is 24.6 Å². The number of nitro benzene ring substituents is 1. The number of hydrogen-bond acceptors (Lipinski definition) is 7. The number of nitrogens with zero attached hydrogens (tertiary/aromatic N) is 3. The number of aryl methyl sites for hydroxylation is 2. The fraction of sp³-hybridized carbons (Fsp3) is 0.409. The first-order chi connectivity index (χ1) is 15.0. The average Bonchev–Trinajstić information content (AvgIpc) is 3.13. The molecule has 9 heteroatoms. The minimum atomic E-state index is -0.484. The van der Waals surface area contributed by atoms with E-state index in [4.69, 9.17) is 9.97 Å². The van der Waals surface area contributed by atoms with Crippen molar-refractivity contribution in [1.29, 1.82) is 0 Å². The number of fused-ring (bicyclic) bond motifs is 3. The lowest BCUT2D eigenvalue weighted by atomic mass is 9.89. The van der Waals surface area contributed by atoms with Crippen molar-refractivity contribution >= 4 is 39.0 Å². The van der Waals surface area contributed by atoms with E-state index in [0.717, 1.165) is 41.1 Å². The molecular weight excluding hydrogens is 414 g/mol. The third-order valence-corrected chi connectivity index (χ3v) is 6.71. The van der Waals surface area contributed by atoms with E-state index in [-0.39, 0.29) is 11.6 Å². The molecule has 0 unspecified atom stereocenters. The highest BCUT2D eigenvalue weighted by molar-refractivity contribution is 7.19. The van der Waals surface area contributed by atoms with Crippen LogP contribution in [0.3, 0.4) is 0 Å². The highest BCUT2D eigenvalue weighted by Crippen LogP contribution is 2.40. The zero-order valence-corrected chi connectivity index (χ0v) is 18.4. The number of nitrogens with one attached hydrogen (secondary N) is 2. The van der Waals surface area contributed by atoms with Gasteiger partial charge in [0.25, 0.3) is 11.6 Å². The molecule has 1 aliphatic carbocycles. The normalized spacial score (nSPS) is 15.5. The molecule has 31 heavy (non-hydrogen) atoms. The summed E-state index contributed by atoms with van der Waals surface area (Å²) in [5.74, 6) is 2.10. The number of non-ortho nitro benzene ring substituents is 1. The van der Waals surface area contributed by atoms with Crippen molar-refractivity contribution in [2.75, 3.05) is 18.4 Å². The smallest absolute Gasteiger partial charge is 0.269 e. The minimum absolute atomic E-state index is 0.0359. The molecule has 3 aromatic rings. The molecule has 0 spiro atoms. The van der Waals surface area contributed by atoms with Gasteiger partial charge in [-0.15, -0.1) is 11.3 Å². The van der Waals surface area contributed by atoms with Crippen LogP contribution in [0.4, 0.5) is 11.5 Å². The fourth-order valence-corrected chi connectivity index (χ4v) is 5.27. The molecule has 0 fully saturated rings. The van der Waals surface area contributed by atoms with Crippen LogP contribution in [-0.2, 0) is 19.3 Å². The molecule has 2 heterocycles. The predicted octanol–water partition coefficient (Wildman–Crippen LogP) is 4.13. The van der Waals surface area contributed by atoms with Crippen molar-refractivity contribution < 1.29 is 9.72 Å². The molecule has 1 aliphatic rings. The summed E-state index contributed by atoms with van der Waals surface area (Å²) in [4.78, 5) is 34.5. The number of hydrogen-bond donors (Lipinski definition) is 2. The summed E-state index contributed by atoms with van der Waals surface area (Å²) in [6.07, 6.45) is 4.10. The Bertz CT molecular complexity index is 1130. The second kappa shape index (κ2) is 8.97. The van der Waals surface area contributed by atoms with Crippen LogP contribution in [0.5, 0.6) is 0 Å². The molecule has 2 aromatic heterocycles. The molecule has 1 amide bonds. The van der Waals surface area contributed by atoms with Gasteiger partial charge in [0.15, 0.2) is 0 Å². The number of aromatic nitrogens is 2. The SMILES string of the molecule is CCc1nc(NCCNC(=O)c2ccc([N+](=O)[O-])cc2)c2c3c(sc2n1)C[C@H](C)CC3. The van der Waals surface area contributed by atoms with E-state index in [1.807, 2.05) is 6.92 Å². The number of carbonyl (C=O) groups is 1. The molecule has 2 N–H and O–H groups in total. The Hall–Kier alpha value is -3.07. The highest BCUT2D eigenvalue weighted by atomic mass is 32.1. The number of rotatable bonds is 7. The maximum atomic E-state index is 12.3. The minimum Gasteiger partial charge on any atom is -0.368 e. The summed E-state index contributed by atoms with van der Waals surface area (Å²) >= 11 is 1.78. The van der Waals surface area contributed by atoms with Gasteiger partial charge in [-0.05, 0) is 42.9 Å². The molecule has 0 bridgehead atoms. The highest BCUT2D eigenvalue weighted by Gasteiger charge is 2.23. The zero-order valence-electron chi connectivity index (χ0n) is 17.6. The quantitative estimate of drug-likeness (QED) is 0.325. The van der Waals surface area contributed by atoms with Gasteiger partial charge in [-0.1, -0.05) is 13.8 Å². The fourth-order valence-electron chi connectivity index (χ4n) is 3.87. The number of benzene rings is 1. The summed E-state index contributed by atoms with van der Waals surface area (Å²) in [6.45, 7) is 5.27. The van der Waals surface area contributed by atoms with Crippen LogP contribution < -0.4 is 10.6 Å². The lowest BCUT2D eigenvalue weighted by molar-refractivity contribution is -0.384. The molecular formula is C22H25N5O3S. The van der Waals surface area contributed by atoms with Crippen LogP contribution in [-0.4, -0.2) is 33.9 Å². The lowest BCUT2D eigenvalue weighted by Crippen LogP contribution is -2.29. The van der Waals surface area contributed by atoms with Crippen molar-refractivity contribution in [2.24, 2.45) is 5.92 Å². The van der Waals surface area contributed by atoms with Gasteiger partial charge in [0.05, 0.1) is 10.3 Å². The van der Waals surface area contributed by atoms with Crippen LogP contribution >= 0.6 is 11.3 Å². The van der Waals surface area contributed by atoms with E-state index in [2.05, 4.69) is 17.6 Å². The molecule has 4 rings (SSSR count). The van der Waals surface area contributed by atoms with Crippen LogP contribution in [0.1, 0.15) is 46.9 Å². The maximum absolute atomic E-state index is 12.3. The number of carbonyl (C=O) groups excluding carboxylic acids is 1. The van der Waals surface area contributed by atoms with Crippen LogP contribution in [0.2, 0.25) is 0 Å². The van der Waals surface area contributed by atoms with Gasteiger partial charge in [-0.2, -0.15) is 0 Å². The van der Waals surface area contributed by atoms with Crippen LogP contribution in [0.25, 0.3) is 10.2 Å². The average molecular weight is 440 g/mol. The second-order valence-electron chi connectivity index (χ2n) is 7.86. The van der Waals surface area contributed by atoms with E-state index < -0.39 is 4.92 Å². The van der Waals surface area contributed by atoms with Gasteiger partial charge < -0.3 is 10.6 Å². The molecule has 0 saturated heterocycles. The maximum Gasteiger partial charge on any atom is 0.269 e. The molecule has 0 radical (unpaired) electrons. The molecule has 1 atom stereocenters. The number of thiophene rings is 1. The Morgan fingerprint density at radius 3 is 2.74 bits per heavy atom. The van der Waals surface area contributed by atoms with Crippen LogP contribution in [0.15, 0.2) is 24.3 Å². The number of nitro groups is 1. The largest absolute Gasteiger partial charge is 0.368 e. The van der Waals surface area contributed by atoms with E-state index in [9.17, 15) is 14.9 Å². The molecule has 162 valence electrons. The van der Waals surface area contributed by atoms with Gasteiger partial charge in [0.2, 0.25) is 0 Å². The zero-order chi connectivity index (χ0) is 22.0. The van der Waals surface area contributed by atoms with Crippen molar-refractivity contribution in [3.8, 4) is 0 Å². The van der Waals surface area contributed by atoms with E-state index in [1.54, 1.807) is 11.3 Å². The standard InChI is InChI=1S/C22H25N5O3S/c1-3-18-25-20(19-16-9-4-13(2)12-17(16)31-22(19)26-18)23-10-11-24-21(28)14-5-7-15(8-6-14)27(29)30/h5-8,13H,3-4,9-12H2,1-2H3,(H,24,28)(H,23,25,26)/t13-/m1/s1. The Kier molecular flexibility index (Phi) is 6.13. The first kappa shape index (κ1) is 21.2. The second-order valence-corrected chi connectivity index (χ2v) is 8.94. The number of anilines is 1. The topological polar surface area (TPSA) is 110 Å². The van der Waals surface area contributed by atoms with Crippen molar-refractivity contribution in [2.45, 2.75) is 39.5 Å². The Balaban J connectivity index is 1.44. The van der Waals surface area contributed by atoms with Gasteiger partial charge in [-0.3, -0.25) is 14.9 Å². The number of amides is 1. The van der Waals surface area contributed by atoms with Gasteiger partial charge in [0.1, 0.15) is 16.5 Å². The monoisotopic (exact) mass is 439 g/mol. The predicted molar refractivity (Wildman–Crippen MR) is 122 cm³/mol. The van der Waals surface area contributed by atoms with Crippen molar-refractivity contribution in [3.63, 3.8) is 0 Å². The summed E-state index contributed by atoms with van der Waals surface area (Å²) in [6, 6.07) is 5.58. The van der Waals surface area contributed by atoms with Crippen LogP contribution in [0, 0.1) is 16.0 Å². The van der Waals surface area contributed by atoms with E-state index >= 15 is 0 Å². The van der Waals surface area contributed by atoms with Crippen molar-refractivity contribution in [1.82, 2.24) is 15.3 Å². The van der Waals surface area contributed by atoms with Gasteiger partial charge in [-0.25, -0.2) is 9.97 Å². The lowest BCUT2D eigenvalue weighted by Gasteiger charge is -2.18. The first-order valence-corrected chi connectivity index (χ1v) is 11.4.